The highest BCUT2D eigenvalue weighted by atomic mass is 16.5. The van der Waals surface area contributed by atoms with Gasteiger partial charge in [0.05, 0.1) is 6.26 Å². The van der Waals surface area contributed by atoms with Crippen LogP contribution in [0.25, 0.3) is 10.9 Å². The number of ether oxygens (including phenoxy) is 1. The van der Waals surface area contributed by atoms with E-state index in [2.05, 4.69) is 10.3 Å². The van der Waals surface area contributed by atoms with Crippen molar-refractivity contribution in [3.05, 3.63) is 59.7 Å². The summed E-state index contributed by atoms with van der Waals surface area (Å²) in [7, 11) is 0. The fourth-order valence-electron chi connectivity index (χ4n) is 2.86. The second kappa shape index (κ2) is 7.49. The number of amides is 1. The van der Waals surface area contributed by atoms with Crippen molar-refractivity contribution in [2.75, 3.05) is 0 Å². The largest absolute Gasteiger partial charge is 0.459 e. The van der Waals surface area contributed by atoms with Crippen molar-refractivity contribution >= 4 is 28.6 Å². The number of hydrogen-bond acceptors (Lipinski definition) is 5. The van der Waals surface area contributed by atoms with Gasteiger partial charge in [0.2, 0.25) is 5.78 Å². The zero-order valence-corrected chi connectivity index (χ0v) is 15.2. The number of carbonyl (C=O) groups excluding carboxylic acids is 3. The SMILES string of the molecule is Cc1[nH]c2ccccc2c1C(=O)[C@@H](C)OC(=O)[C@H](C)NC(=O)c1ccco1. The fraction of sp³-hybridized carbons (Fsp3) is 0.250. The van der Waals surface area contributed by atoms with E-state index in [1.807, 2.05) is 24.3 Å². The Morgan fingerprint density at radius 3 is 2.56 bits per heavy atom. The zero-order valence-electron chi connectivity index (χ0n) is 15.2. The van der Waals surface area contributed by atoms with E-state index in [0.29, 0.717) is 11.3 Å². The summed E-state index contributed by atoms with van der Waals surface area (Å²) in [5.74, 6) is -1.44. The van der Waals surface area contributed by atoms with Gasteiger partial charge < -0.3 is 19.5 Å². The number of para-hydroxylation sites is 1. The second-order valence-electron chi connectivity index (χ2n) is 6.29. The predicted molar refractivity (Wildman–Crippen MR) is 98.6 cm³/mol. The van der Waals surface area contributed by atoms with E-state index in [1.165, 1.54) is 26.2 Å². The van der Waals surface area contributed by atoms with Gasteiger partial charge in [0.15, 0.2) is 11.9 Å². The molecule has 1 amide bonds. The van der Waals surface area contributed by atoms with Crippen LogP contribution < -0.4 is 5.32 Å². The van der Waals surface area contributed by atoms with Crippen molar-refractivity contribution in [1.29, 1.82) is 0 Å². The highest BCUT2D eigenvalue weighted by molar-refractivity contribution is 6.11. The molecule has 2 heterocycles. The van der Waals surface area contributed by atoms with Gasteiger partial charge in [-0.25, -0.2) is 4.79 Å². The van der Waals surface area contributed by atoms with E-state index in [0.717, 1.165) is 10.9 Å². The molecule has 2 N–H and O–H groups in total. The average Bonchev–Trinajstić information content (AvgIpc) is 3.28. The number of aryl methyl sites for hydroxylation is 1. The number of Topliss-reactive ketones (excluding diaryl/α,β-unsaturated/α-hetero) is 1. The molecule has 0 aliphatic heterocycles. The molecule has 7 heteroatoms. The Bertz CT molecular complexity index is 987. The summed E-state index contributed by atoms with van der Waals surface area (Å²) in [6.45, 7) is 4.80. The first-order chi connectivity index (χ1) is 12.9. The number of hydrogen-bond donors (Lipinski definition) is 2. The van der Waals surface area contributed by atoms with Crippen LogP contribution in [-0.2, 0) is 9.53 Å². The van der Waals surface area contributed by atoms with Crippen molar-refractivity contribution < 1.29 is 23.5 Å². The van der Waals surface area contributed by atoms with Crippen LogP contribution in [0.2, 0.25) is 0 Å². The van der Waals surface area contributed by atoms with Crippen LogP contribution >= 0.6 is 0 Å². The average molecular weight is 368 g/mol. The lowest BCUT2D eigenvalue weighted by molar-refractivity contribution is -0.148. The molecular weight excluding hydrogens is 348 g/mol. The van der Waals surface area contributed by atoms with Crippen molar-refractivity contribution in [3.8, 4) is 0 Å². The summed E-state index contributed by atoms with van der Waals surface area (Å²) in [5.41, 5.74) is 2.05. The summed E-state index contributed by atoms with van der Waals surface area (Å²) >= 11 is 0. The smallest absolute Gasteiger partial charge is 0.329 e. The minimum Gasteiger partial charge on any atom is -0.459 e. The zero-order chi connectivity index (χ0) is 19.6. The van der Waals surface area contributed by atoms with E-state index in [4.69, 9.17) is 9.15 Å². The first-order valence-electron chi connectivity index (χ1n) is 8.55. The molecule has 0 spiro atoms. The Kier molecular flexibility index (Phi) is 5.12. The number of rotatable bonds is 6. The molecule has 0 saturated heterocycles. The molecule has 0 fully saturated rings. The Morgan fingerprint density at radius 1 is 1.11 bits per heavy atom. The number of furan rings is 1. The van der Waals surface area contributed by atoms with E-state index < -0.39 is 24.0 Å². The van der Waals surface area contributed by atoms with Crippen LogP contribution in [0.5, 0.6) is 0 Å². The van der Waals surface area contributed by atoms with Gasteiger partial charge in [0.1, 0.15) is 6.04 Å². The Balaban J connectivity index is 1.67. The van der Waals surface area contributed by atoms with Crippen LogP contribution in [0.3, 0.4) is 0 Å². The lowest BCUT2D eigenvalue weighted by atomic mass is 10.0. The topological polar surface area (TPSA) is 101 Å². The molecule has 3 rings (SSSR count). The van der Waals surface area contributed by atoms with Gasteiger partial charge in [0, 0.05) is 22.2 Å². The maximum absolute atomic E-state index is 12.8. The first-order valence-corrected chi connectivity index (χ1v) is 8.55. The first kappa shape index (κ1) is 18.4. The number of nitrogens with one attached hydrogen (secondary N) is 2. The van der Waals surface area contributed by atoms with E-state index >= 15 is 0 Å². The van der Waals surface area contributed by atoms with Crippen LogP contribution in [0.1, 0.15) is 40.5 Å². The molecule has 0 aliphatic carbocycles. The fourth-order valence-corrected chi connectivity index (χ4v) is 2.86. The summed E-state index contributed by atoms with van der Waals surface area (Å²) < 4.78 is 10.2. The number of fused-ring (bicyclic) bond motifs is 1. The van der Waals surface area contributed by atoms with E-state index in [1.54, 1.807) is 13.0 Å². The maximum Gasteiger partial charge on any atom is 0.329 e. The lowest BCUT2D eigenvalue weighted by Crippen LogP contribution is -2.41. The van der Waals surface area contributed by atoms with Gasteiger partial charge in [-0.1, -0.05) is 18.2 Å². The summed E-state index contributed by atoms with van der Waals surface area (Å²) in [4.78, 5) is 40.1. The third-order valence-corrected chi connectivity index (χ3v) is 4.25. The molecule has 3 aromatic rings. The summed E-state index contributed by atoms with van der Waals surface area (Å²) in [5, 5.41) is 3.26. The predicted octanol–water partition coefficient (Wildman–Crippen LogP) is 3.00. The number of H-pyrrole nitrogens is 1. The molecule has 7 nitrogen and oxygen atoms in total. The van der Waals surface area contributed by atoms with Crippen molar-refractivity contribution in [3.63, 3.8) is 0 Å². The molecule has 2 aromatic heterocycles. The molecule has 0 saturated carbocycles. The number of aromatic amines is 1. The number of aromatic nitrogens is 1. The molecule has 27 heavy (non-hydrogen) atoms. The minimum absolute atomic E-state index is 0.0909. The molecule has 2 atom stereocenters. The minimum atomic E-state index is -0.988. The summed E-state index contributed by atoms with van der Waals surface area (Å²) in [6.07, 6.45) is 0.376. The number of carbonyl (C=O) groups is 3. The molecule has 0 aliphatic rings. The van der Waals surface area contributed by atoms with Gasteiger partial charge in [-0.05, 0) is 39.0 Å². The molecular formula is C20H20N2O5. The van der Waals surface area contributed by atoms with Gasteiger partial charge in [0.25, 0.3) is 5.91 Å². The van der Waals surface area contributed by atoms with Gasteiger partial charge in [-0.2, -0.15) is 0 Å². The Hall–Kier alpha value is -3.35. The van der Waals surface area contributed by atoms with Crippen LogP contribution in [0.15, 0.2) is 47.1 Å². The van der Waals surface area contributed by atoms with Crippen LogP contribution in [0.4, 0.5) is 0 Å². The maximum atomic E-state index is 12.8. The third kappa shape index (κ3) is 3.76. The highest BCUT2D eigenvalue weighted by Gasteiger charge is 2.27. The lowest BCUT2D eigenvalue weighted by Gasteiger charge is -2.17. The third-order valence-electron chi connectivity index (χ3n) is 4.25. The summed E-state index contributed by atoms with van der Waals surface area (Å²) in [6, 6.07) is 9.56. The molecule has 0 bridgehead atoms. The standard InChI is InChI=1S/C20H20N2O5/c1-11-17(14-7-4-5-8-15(14)21-11)18(23)13(3)27-20(25)12(2)22-19(24)16-9-6-10-26-16/h4-10,12-13,21H,1-3H3,(H,22,24)/t12-,13+/m0/s1. The molecule has 0 radical (unpaired) electrons. The number of ketones is 1. The van der Waals surface area contributed by atoms with Gasteiger partial charge in [-0.3, -0.25) is 9.59 Å². The highest BCUT2D eigenvalue weighted by Crippen LogP contribution is 2.23. The van der Waals surface area contributed by atoms with Gasteiger partial charge >= 0.3 is 5.97 Å². The van der Waals surface area contributed by atoms with Crippen molar-refractivity contribution in [2.24, 2.45) is 0 Å². The van der Waals surface area contributed by atoms with Crippen LogP contribution in [-0.4, -0.2) is 34.8 Å². The Morgan fingerprint density at radius 2 is 1.85 bits per heavy atom. The Labute approximate surface area is 155 Å². The molecule has 1 aromatic carbocycles. The quantitative estimate of drug-likeness (QED) is 0.514. The van der Waals surface area contributed by atoms with Crippen LogP contribution in [0, 0.1) is 6.92 Å². The van der Waals surface area contributed by atoms with Crippen molar-refractivity contribution in [2.45, 2.75) is 32.9 Å². The molecule has 140 valence electrons. The number of esters is 1. The normalized spacial score (nSPS) is 13.1. The number of benzene rings is 1. The van der Waals surface area contributed by atoms with Gasteiger partial charge in [-0.15, -0.1) is 0 Å². The monoisotopic (exact) mass is 368 g/mol. The molecule has 0 unspecified atom stereocenters. The van der Waals surface area contributed by atoms with Crippen molar-refractivity contribution in [1.82, 2.24) is 10.3 Å². The van der Waals surface area contributed by atoms with E-state index in [-0.39, 0.29) is 11.5 Å². The second-order valence-corrected chi connectivity index (χ2v) is 6.29. The van der Waals surface area contributed by atoms with E-state index in [9.17, 15) is 14.4 Å².